The summed E-state index contributed by atoms with van der Waals surface area (Å²) in [5.41, 5.74) is -0.365. The Bertz CT molecular complexity index is 3260. The predicted molar refractivity (Wildman–Crippen MR) is 267 cm³/mol. The molecule has 0 bridgehead atoms. The van der Waals surface area contributed by atoms with Crippen molar-refractivity contribution in [2.24, 2.45) is 5.41 Å². The summed E-state index contributed by atoms with van der Waals surface area (Å²) in [5.74, 6) is -2.45. The molecule has 2 aliphatic carbocycles. The van der Waals surface area contributed by atoms with Crippen molar-refractivity contribution in [1.29, 1.82) is 0 Å². The molecule has 2 saturated carbocycles. The van der Waals surface area contributed by atoms with Crippen LogP contribution in [-0.2, 0) is 14.8 Å². The number of ketones is 1. The number of sulfonamides is 1. The molecular formula is C52H57F3N10O7S. The van der Waals surface area contributed by atoms with E-state index in [1.807, 2.05) is 9.62 Å². The van der Waals surface area contributed by atoms with E-state index in [9.17, 15) is 32.5 Å². The third-order valence-electron chi connectivity index (χ3n) is 16.3. The van der Waals surface area contributed by atoms with Crippen molar-refractivity contribution in [3.63, 3.8) is 0 Å². The van der Waals surface area contributed by atoms with Crippen LogP contribution in [0.5, 0.6) is 11.5 Å². The number of halogens is 3. The number of ether oxygens (including phenoxy) is 1. The van der Waals surface area contributed by atoms with E-state index in [4.69, 9.17) is 4.74 Å². The Labute approximate surface area is 419 Å². The van der Waals surface area contributed by atoms with E-state index in [0.717, 1.165) is 69.7 Å². The minimum Gasteiger partial charge on any atom is -0.455 e. The van der Waals surface area contributed by atoms with Gasteiger partial charge in [0.15, 0.2) is 0 Å². The number of likely N-dealkylation sites (tertiary alicyclic amines) is 2. The SMILES string of the molecule is CC(C)c1ccccc1[C@@H]1CCCN1C1CC2(CCN(c3cc(Oc4cnc5[nH]cc(F)c5c4)c(C(=O)NS(=O)(=O)c4cc([N+](=O)[O-])c(NCC5(F)CCN(C6CC(=O)C6)CC5)c5[nH]cnc45)cc3F)CC2)C1. The number of anilines is 2. The van der Waals surface area contributed by atoms with Gasteiger partial charge in [0.05, 0.1) is 39.6 Å². The number of hydrogen-bond acceptors (Lipinski definition) is 13. The van der Waals surface area contributed by atoms with E-state index < -0.39 is 54.3 Å². The first-order valence-corrected chi connectivity index (χ1v) is 26.6. The Morgan fingerprint density at radius 2 is 1.73 bits per heavy atom. The number of piperidine rings is 2. The highest BCUT2D eigenvalue weighted by Gasteiger charge is 2.50. The molecule has 3 aromatic carbocycles. The second-order valence-corrected chi connectivity index (χ2v) is 22.7. The molecule has 0 radical (unpaired) electrons. The van der Waals surface area contributed by atoms with E-state index in [1.165, 1.54) is 29.5 Å². The second-order valence-electron chi connectivity index (χ2n) is 21.1. The number of imidazole rings is 1. The zero-order valence-electron chi connectivity index (χ0n) is 40.6. The number of pyridine rings is 1. The van der Waals surface area contributed by atoms with Crippen LogP contribution in [0.2, 0.25) is 0 Å². The summed E-state index contributed by atoms with van der Waals surface area (Å²) >= 11 is 0. The molecule has 3 aromatic heterocycles. The molecule has 1 atom stereocenters. The molecule has 0 unspecified atom stereocenters. The topological polar surface area (TPSA) is 212 Å². The van der Waals surface area contributed by atoms with Crippen molar-refractivity contribution in [2.45, 2.75) is 113 Å². The highest BCUT2D eigenvalue weighted by atomic mass is 32.2. The van der Waals surface area contributed by atoms with E-state index in [-0.39, 0.29) is 81.6 Å². The molecule has 3 saturated heterocycles. The van der Waals surface area contributed by atoms with Gasteiger partial charge in [-0.05, 0) is 92.5 Å². The predicted octanol–water partition coefficient (Wildman–Crippen LogP) is 9.19. The van der Waals surface area contributed by atoms with E-state index in [1.54, 1.807) is 0 Å². The second kappa shape index (κ2) is 18.7. The number of carbonyl (C=O) groups excluding carboxylic acids is 2. The Hall–Kier alpha value is -6.58. The maximum absolute atomic E-state index is 16.6. The summed E-state index contributed by atoms with van der Waals surface area (Å²) in [6.45, 7) is 7.04. The van der Waals surface area contributed by atoms with Crippen LogP contribution in [0, 0.1) is 27.2 Å². The quantitative estimate of drug-likeness (QED) is 0.0593. The van der Waals surface area contributed by atoms with Crippen molar-refractivity contribution < 1.29 is 40.8 Å². The van der Waals surface area contributed by atoms with Crippen LogP contribution in [0.15, 0.2) is 72.1 Å². The molecule has 17 nitrogen and oxygen atoms in total. The zero-order chi connectivity index (χ0) is 51.0. The lowest BCUT2D eigenvalue weighted by molar-refractivity contribution is -0.384. The first-order chi connectivity index (χ1) is 35.0. The number of carbonyl (C=O) groups is 2. The number of hydrogen-bond donors (Lipinski definition) is 4. The van der Waals surface area contributed by atoms with E-state index in [2.05, 4.69) is 73.2 Å². The Balaban J connectivity index is 0.827. The summed E-state index contributed by atoms with van der Waals surface area (Å²) in [6, 6.07) is 14.0. The standard InChI is InChI=1S/C52H57F3N10O7S/c1-30(2)35-6-3-4-7-36(35)41-8-5-13-64(41)32-24-51(25-32)9-14-63(15-10-51)42-22-44(72-34-20-37-40(54)27-57-49(37)56-26-34)38(21-39(42)53)50(67)61-73(70,71)45-23-43(65(68)69)46(48-47(45)59-29-60-48)58-28-52(55)11-16-62(17-12-52)31-18-33(66)19-31/h3-4,6-7,20-23,26-27,29-32,41,58H,5,8-19,24-25,28H2,1-2H3,(H,56,57)(H,59,60)(H,61,67)/t41-/m0/s1. The number of nitrogens with zero attached hydrogens (tertiary/aromatic N) is 6. The van der Waals surface area contributed by atoms with Crippen LogP contribution >= 0.6 is 0 Å². The number of rotatable bonds is 14. The summed E-state index contributed by atoms with van der Waals surface area (Å²) in [4.78, 5) is 57.2. The maximum atomic E-state index is 16.6. The number of fused-ring (bicyclic) bond motifs is 2. The number of amides is 1. The lowest BCUT2D eigenvalue weighted by Gasteiger charge is -2.56. The van der Waals surface area contributed by atoms with Crippen LogP contribution in [0.25, 0.3) is 22.1 Å². The molecule has 1 spiro atoms. The van der Waals surface area contributed by atoms with Gasteiger partial charge in [-0.1, -0.05) is 38.1 Å². The van der Waals surface area contributed by atoms with Crippen LogP contribution in [0.3, 0.4) is 0 Å². The molecule has 21 heteroatoms. The smallest absolute Gasteiger partial charge is 0.296 e. The number of nitrogens with one attached hydrogen (secondary N) is 4. The summed E-state index contributed by atoms with van der Waals surface area (Å²) in [7, 11) is -5.02. The van der Waals surface area contributed by atoms with Gasteiger partial charge < -0.3 is 24.9 Å². The zero-order valence-corrected chi connectivity index (χ0v) is 41.4. The van der Waals surface area contributed by atoms with Crippen molar-refractivity contribution in [1.82, 2.24) is 34.5 Å². The molecule has 11 rings (SSSR count). The molecule has 6 aromatic rings. The maximum Gasteiger partial charge on any atom is 0.296 e. The van der Waals surface area contributed by atoms with Gasteiger partial charge >= 0.3 is 0 Å². The minimum absolute atomic E-state index is 0.0257. The van der Waals surface area contributed by atoms with Gasteiger partial charge in [0, 0.05) is 82.0 Å². The van der Waals surface area contributed by atoms with Gasteiger partial charge in [-0.2, -0.15) is 0 Å². The molecule has 5 fully saturated rings. The van der Waals surface area contributed by atoms with Gasteiger partial charge in [-0.3, -0.25) is 29.5 Å². The summed E-state index contributed by atoms with van der Waals surface area (Å²) in [6.07, 6.45) is 10.6. The number of aromatic amines is 2. The molecule has 4 N–H and O–H groups in total. The summed E-state index contributed by atoms with van der Waals surface area (Å²) < 4.78 is 84.1. The first kappa shape index (κ1) is 48.7. The number of nitro benzene ring substituents is 1. The Morgan fingerprint density at radius 1 is 0.973 bits per heavy atom. The van der Waals surface area contributed by atoms with Gasteiger partial charge in [-0.25, -0.2) is 36.3 Å². The van der Waals surface area contributed by atoms with Gasteiger partial charge in [-0.15, -0.1) is 0 Å². The number of Topliss-reactive ketones (excluding diaryl/α,β-unsaturated/α-hetero) is 1. The fraction of sp³-hybridized carbons (Fsp3) is 0.462. The molecule has 73 heavy (non-hydrogen) atoms. The summed E-state index contributed by atoms with van der Waals surface area (Å²) in [5, 5.41) is 15.5. The van der Waals surface area contributed by atoms with Crippen LogP contribution < -0.4 is 19.7 Å². The van der Waals surface area contributed by atoms with Crippen molar-refractivity contribution in [2.75, 3.05) is 49.5 Å². The fourth-order valence-corrected chi connectivity index (χ4v) is 13.3. The van der Waals surface area contributed by atoms with Gasteiger partial charge in [0.1, 0.15) is 56.3 Å². The molecular weight excluding hydrogens is 966 g/mol. The third-order valence-corrected chi connectivity index (χ3v) is 17.6. The van der Waals surface area contributed by atoms with Crippen LogP contribution in [0.4, 0.5) is 30.2 Å². The fourth-order valence-electron chi connectivity index (χ4n) is 12.1. The highest BCUT2D eigenvalue weighted by Crippen LogP contribution is 2.54. The average Bonchev–Trinajstić information content (AvgIpc) is 4.13. The molecule has 6 heterocycles. The monoisotopic (exact) mass is 1020 g/mol. The lowest BCUT2D eigenvalue weighted by atomic mass is 9.59. The van der Waals surface area contributed by atoms with E-state index >= 15 is 8.78 Å². The first-order valence-electron chi connectivity index (χ1n) is 25.1. The Kier molecular flexibility index (Phi) is 12.5. The largest absolute Gasteiger partial charge is 0.455 e. The molecule has 5 aliphatic rings. The lowest BCUT2D eigenvalue weighted by Crippen LogP contribution is -2.55. The van der Waals surface area contributed by atoms with Gasteiger partial charge in [0.2, 0.25) is 0 Å². The van der Waals surface area contributed by atoms with Crippen molar-refractivity contribution >= 4 is 60.8 Å². The number of H-pyrrole nitrogens is 2. The number of benzene rings is 3. The highest BCUT2D eigenvalue weighted by molar-refractivity contribution is 7.90. The normalized spacial score (nSPS) is 20.7. The number of nitro groups is 1. The minimum atomic E-state index is -5.02. The molecule has 1 amide bonds. The Morgan fingerprint density at radius 3 is 2.45 bits per heavy atom. The van der Waals surface area contributed by atoms with Crippen LogP contribution in [-0.4, -0.2) is 112 Å². The van der Waals surface area contributed by atoms with Gasteiger partial charge in [0.25, 0.3) is 21.6 Å². The van der Waals surface area contributed by atoms with Crippen LogP contribution in [0.1, 0.15) is 112 Å². The number of alkyl halides is 1. The van der Waals surface area contributed by atoms with Crippen molar-refractivity contribution in [3.8, 4) is 11.5 Å². The average molecular weight is 1020 g/mol. The number of aromatic nitrogens is 4. The molecule has 384 valence electrons. The molecule has 3 aliphatic heterocycles. The van der Waals surface area contributed by atoms with Crippen molar-refractivity contribution in [3.05, 3.63) is 106 Å². The third kappa shape index (κ3) is 9.17. The van der Waals surface area contributed by atoms with E-state index in [0.29, 0.717) is 57.0 Å².